The van der Waals surface area contributed by atoms with Crippen molar-refractivity contribution < 1.29 is 0 Å². The molecule has 0 bridgehead atoms. The Morgan fingerprint density at radius 2 is 2.00 bits per heavy atom. The molecule has 2 N–H and O–H groups in total. The molecule has 13 heavy (non-hydrogen) atoms. The molecule has 1 heterocycles. The molecule has 76 valence electrons. The molecule has 2 fully saturated rings. The molecule has 1 saturated heterocycles. The summed E-state index contributed by atoms with van der Waals surface area (Å²) in [5, 5.41) is 0. The first-order valence-corrected chi connectivity index (χ1v) is 5.63. The van der Waals surface area contributed by atoms with Gasteiger partial charge < -0.3 is 5.73 Å². The van der Waals surface area contributed by atoms with Crippen LogP contribution in [0.5, 0.6) is 0 Å². The van der Waals surface area contributed by atoms with Crippen LogP contribution in [0.15, 0.2) is 0 Å². The summed E-state index contributed by atoms with van der Waals surface area (Å²) in [4.78, 5) is 2.72. The van der Waals surface area contributed by atoms with E-state index in [1.807, 2.05) is 0 Å². The van der Waals surface area contributed by atoms with Crippen molar-refractivity contribution in [1.29, 1.82) is 0 Å². The van der Waals surface area contributed by atoms with Gasteiger partial charge in [-0.25, -0.2) is 0 Å². The van der Waals surface area contributed by atoms with E-state index in [-0.39, 0.29) is 0 Å². The van der Waals surface area contributed by atoms with Crippen molar-refractivity contribution in [1.82, 2.24) is 4.90 Å². The normalized spacial score (nSPS) is 33.9. The average molecular weight is 182 g/mol. The lowest BCUT2D eigenvalue weighted by molar-refractivity contribution is 0.127. The van der Waals surface area contributed by atoms with Crippen molar-refractivity contribution in [3.63, 3.8) is 0 Å². The Balaban J connectivity index is 2.01. The zero-order valence-corrected chi connectivity index (χ0v) is 8.92. The molecule has 0 aromatic carbocycles. The number of hydrogen-bond donors (Lipinski definition) is 1. The fourth-order valence-corrected chi connectivity index (χ4v) is 2.91. The minimum Gasteiger partial charge on any atom is -0.330 e. The highest BCUT2D eigenvalue weighted by atomic mass is 15.3. The van der Waals surface area contributed by atoms with Crippen LogP contribution in [0.3, 0.4) is 0 Å². The van der Waals surface area contributed by atoms with Gasteiger partial charge in [-0.2, -0.15) is 0 Å². The van der Waals surface area contributed by atoms with Gasteiger partial charge in [0.15, 0.2) is 0 Å². The second kappa shape index (κ2) is 3.25. The van der Waals surface area contributed by atoms with Crippen LogP contribution in [0.1, 0.15) is 39.5 Å². The molecule has 0 radical (unpaired) electrons. The van der Waals surface area contributed by atoms with Gasteiger partial charge in [-0.05, 0) is 58.5 Å². The third kappa shape index (κ3) is 1.62. The highest BCUT2D eigenvalue weighted by molar-refractivity contribution is 5.01. The molecule has 2 aliphatic rings. The van der Waals surface area contributed by atoms with Gasteiger partial charge in [0.1, 0.15) is 0 Å². The molecule has 0 amide bonds. The fraction of sp³-hybridized carbons (Fsp3) is 1.00. The van der Waals surface area contributed by atoms with Crippen LogP contribution in [-0.4, -0.2) is 29.6 Å². The Hall–Kier alpha value is -0.0800. The van der Waals surface area contributed by atoms with E-state index in [0.29, 0.717) is 5.54 Å². The van der Waals surface area contributed by atoms with E-state index in [1.165, 1.54) is 32.2 Å². The third-order valence-electron chi connectivity index (χ3n) is 3.96. The van der Waals surface area contributed by atoms with Crippen molar-refractivity contribution in [3.05, 3.63) is 0 Å². The van der Waals surface area contributed by atoms with Gasteiger partial charge in [0, 0.05) is 11.6 Å². The van der Waals surface area contributed by atoms with Crippen molar-refractivity contribution in [3.8, 4) is 0 Å². The van der Waals surface area contributed by atoms with Gasteiger partial charge >= 0.3 is 0 Å². The lowest BCUT2D eigenvalue weighted by Crippen LogP contribution is -2.44. The van der Waals surface area contributed by atoms with Gasteiger partial charge in [-0.3, -0.25) is 4.90 Å². The Morgan fingerprint density at radius 3 is 2.54 bits per heavy atom. The molecule has 1 aliphatic carbocycles. The van der Waals surface area contributed by atoms with Crippen LogP contribution in [-0.2, 0) is 0 Å². The zero-order chi connectivity index (χ0) is 9.47. The highest BCUT2D eigenvalue weighted by Gasteiger charge is 2.46. The third-order valence-corrected chi connectivity index (χ3v) is 3.96. The summed E-state index contributed by atoms with van der Waals surface area (Å²) in [7, 11) is 0. The lowest BCUT2D eigenvalue weighted by Gasteiger charge is -2.36. The Morgan fingerprint density at radius 1 is 1.31 bits per heavy atom. The Kier molecular flexibility index (Phi) is 2.37. The summed E-state index contributed by atoms with van der Waals surface area (Å²) in [6.45, 7) is 6.96. The molecule has 1 saturated carbocycles. The van der Waals surface area contributed by atoms with E-state index in [4.69, 9.17) is 5.73 Å². The lowest BCUT2D eigenvalue weighted by atomic mass is 9.86. The number of nitrogens with zero attached hydrogens (tertiary/aromatic N) is 1. The van der Waals surface area contributed by atoms with E-state index in [0.717, 1.165) is 18.5 Å². The van der Waals surface area contributed by atoms with Gasteiger partial charge in [0.2, 0.25) is 0 Å². The van der Waals surface area contributed by atoms with Crippen molar-refractivity contribution in [2.75, 3.05) is 13.1 Å². The summed E-state index contributed by atoms with van der Waals surface area (Å²) >= 11 is 0. The summed E-state index contributed by atoms with van der Waals surface area (Å²) < 4.78 is 0. The SMILES string of the molecule is CC1(C)C(CCN)CCN1C1CC1. The predicted molar refractivity (Wildman–Crippen MR) is 55.6 cm³/mol. The molecule has 1 aliphatic heterocycles. The molecule has 0 aromatic rings. The molecule has 1 atom stereocenters. The summed E-state index contributed by atoms with van der Waals surface area (Å²) in [5.41, 5.74) is 6.07. The maximum absolute atomic E-state index is 5.65. The molecular weight excluding hydrogens is 160 g/mol. The quantitative estimate of drug-likeness (QED) is 0.718. The van der Waals surface area contributed by atoms with Gasteiger partial charge in [0.05, 0.1) is 0 Å². The fourth-order valence-electron chi connectivity index (χ4n) is 2.91. The highest BCUT2D eigenvalue weighted by Crippen LogP contribution is 2.43. The smallest absolute Gasteiger partial charge is 0.0185 e. The average Bonchev–Trinajstić information content (AvgIpc) is 2.82. The zero-order valence-electron chi connectivity index (χ0n) is 8.92. The largest absolute Gasteiger partial charge is 0.330 e. The first-order chi connectivity index (χ1) is 6.16. The van der Waals surface area contributed by atoms with Crippen molar-refractivity contribution in [2.24, 2.45) is 11.7 Å². The van der Waals surface area contributed by atoms with Crippen LogP contribution < -0.4 is 5.73 Å². The van der Waals surface area contributed by atoms with E-state index in [2.05, 4.69) is 18.7 Å². The van der Waals surface area contributed by atoms with Crippen LogP contribution in [0.4, 0.5) is 0 Å². The first kappa shape index (κ1) is 9.47. The van der Waals surface area contributed by atoms with E-state index in [1.54, 1.807) is 0 Å². The molecular formula is C11H22N2. The number of rotatable bonds is 3. The van der Waals surface area contributed by atoms with Gasteiger partial charge in [-0.15, -0.1) is 0 Å². The predicted octanol–water partition coefficient (Wildman–Crippen LogP) is 1.60. The van der Waals surface area contributed by atoms with Crippen LogP contribution >= 0.6 is 0 Å². The van der Waals surface area contributed by atoms with Crippen LogP contribution in [0, 0.1) is 5.92 Å². The first-order valence-electron chi connectivity index (χ1n) is 5.63. The minimum absolute atomic E-state index is 0.417. The second-order valence-corrected chi connectivity index (χ2v) is 5.14. The number of hydrogen-bond acceptors (Lipinski definition) is 2. The van der Waals surface area contributed by atoms with E-state index >= 15 is 0 Å². The summed E-state index contributed by atoms with van der Waals surface area (Å²) in [6.07, 6.45) is 5.43. The molecule has 2 nitrogen and oxygen atoms in total. The van der Waals surface area contributed by atoms with E-state index < -0.39 is 0 Å². The molecule has 1 unspecified atom stereocenters. The van der Waals surface area contributed by atoms with Crippen molar-refractivity contribution in [2.45, 2.75) is 51.1 Å². The second-order valence-electron chi connectivity index (χ2n) is 5.14. The molecule has 2 heteroatoms. The Bertz CT molecular complexity index is 185. The minimum atomic E-state index is 0.417. The Labute approximate surface area is 81.5 Å². The standard InChI is InChI=1S/C11H22N2/c1-11(2)9(5-7-12)6-8-13(11)10-3-4-10/h9-10H,3-8,12H2,1-2H3. The monoisotopic (exact) mass is 182 g/mol. The van der Waals surface area contributed by atoms with Gasteiger partial charge in [-0.1, -0.05) is 0 Å². The van der Waals surface area contributed by atoms with Crippen molar-refractivity contribution >= 4 is 0 Å². The van der Waals surface area contributed by atoms with Crippen LogP contribution in [0.25, 0.3) is 0 Å². The maximum atomic E-state index is 5.65. The summed E-state index contributed by atoms with van der Waals surface area (Å²) in [6, 6.07) is 0.915. The van der Waals surface area contributed by atoms with Gasteiger partial charge in [0.25, 0.3) is 0 Å². The topological polar surface area (TPSA) is 29.3 Å². The number of nitrogens with two attached hydrogens (primary N) is 1. The maximum Gasteiger partial charge on any atom is 0.0185 e. The van der Waals surface area contributed by atoms with E-state index in [9.17, 15) is 0 Å². The molecule has 0 spiro atoms. The molecule has 0 aromatic heterocycles. The van der Waals surface area contributed by atoms with Crippen LogP contribution in [0.2, 0.25) is 0 Å². The summed E-state index contributed by atoms with van der Waals surface area (Å²) in [5.74, 6) is 0.832. The molecule has 2 rings (SSSR count). The number of likely N-dealkylation sites (tertiary alicyclic amines) is 1.